The van der Waals surface area contributed by atoms with E-state index in [1.807, 2.05) is 24.3 Å². The highest BCUT2D eigenvalue weighted by molar-refractivity contribution is 9.10. The summed E-state index contributed by atoms with van der Waals surface area (Å²) in [4.78, 5) is 0. The molecule has 1 atom stereocenters. The molecular weight excluding hydrogens is 328 g/mol. The molecule has 1 unspecified atom stereocenters. The van der Waals surface area contributed by atoms with Crippen molar-refractivity contribution in [1.82, 2.24) is 0 Å². The van der Waals surface area contributed by atoms with Gasteiger partial charge in [0.1, 0.15) is 17.7 Å². The minimum absolute atomic E-state index is 0.0153. The minimum Gasteiger partial charge on any atom is -0.485 e. The van der Waals surface area contributed by atoms with E-state index in [1.165, 1.54) is 11.1 Å². The van der Waals surface area contributed by atoms with E-state index in [-0.39, 0.29) is 11.9 Å². The fourth-order valence-electron chi connectivity index (χ4n) is 2.85. The molecule has 0 aliphatic heterocycles. The molecule has 4 heteroatoms. The standard InChI is InChI=1S/C17H17BrN2O/c18-13-8-4-10-15(16(13)17(19)20)21-14-9-3-6-11-5-1-2-7-12(11)14/h1-2,4-5,7-8,10,14H,3,6,9H2,(H3,19,20). The van der Waals surface area contributed by atoms with Crippen LogP contribution in [0.25, 0.3) is 0 Å². The van der Waals surface area contributed by atoms with Crippen molar-refractivity contribution in [2.24, 2.45) is 5.73 Å². The third kappa shape index (κ3) is 2.81. The quantitative estimate of drug-likeness (QED) is 0.647. The molecule has 21 heavy (non-hydrogen) atoms. The lowest BCUT2D eigenvalue weighted by atomic mass is 9.89. The van der Waals surface area contributed by atoms with Gasteiger partial charge in [0.2, 0.25) is 0 Å². The predicted molar refractivity (Wildman–Crippen MR) is 87.9 cm³/mol. The van der Waals surface area contributed by atoms with Crippen molar-refractivity contribution in [3.05, 3.63) is 63.6 Å². The summed E-state index contributed by atoms with van der Waals surface area (Å²) in [6.45, 7) is 0. The van der Waals surface area contributed by atoms with Crippen LogP contribution >= 0.6 is 15.9 Å². The highest BCUT2D eigenvalue weighted by Crippen LogP contribution is 2.36. The highest BCUT2D eigenvalue weighted by atomic mass is 79.9. The number of rotatable bonds is 3. The summed E-state index contributed by atoms with van der Waals surface area (Å²) >= 11 is 3.44. The van der Waals surface area contributed by atoms with Crippen LogP contribution in [-0.4, -0.2) is 5.84 Å². The van der Waals surface area contributed by atoms with Crippen molar-refractivity contribution in [1.29, 1.82) is 5.41 Å². The molecule has 0 aromatic heterocycles. The Morgan fingerprint density at radius 1 is 1.19 bits per heavy atom. The molecule has 3 nitrogen and oxygen atoms in total. The largest absolute Gasteiger partial charge is 0.485 e. The van der Waals surface area contributed by atoms with E-state index in [2.05, 4.69) is 34.1 Å². The normalized spacial score (nSPS) is 17.1. The van der Waals surface area contributed by atoms with E-state index < -0.39 is 0 Å². The van der Waals surface area contributed by atoms with Gasteiger partial charge in [-0.15, -0.1) is 0 Å². The van der Waals surface area contributed by atoms with Gasteiger partial charge < -0.3 is 10.5 Å². The summed E-state index contributed by atoms with van der Waals surface area (Å²) in [6, 6.07) is 14.1. The lowest BCUT2D eigenvalue weighted by molar-refractivity contribution is 0.183. The summed E-state index contributed by atoms with van der Waals surface area (Å²) < 4.78 is 6.99. The SMILES string of the molecule is N=C(N)c1c(Br)cccc1OC1CCCc2ccccc21. The molecule has 0 radical (unpaired) electrons. The maximum absolute atomic E-state index is 7.75. The van der Waals surface area contributed by atoms with Crippen molar-refractivity contribution in [2.45, 2.75) is 25.4 Å². The van der Waals surface area contributed by atoms with Gasteiger partial charge in [0.25, 0.3) is 0 Å². The van der Waals surface area contributed by atoms with Crippen LogP contribution in [0.1, 0.15) is 35.6 Å². The number of nitrogens with two attached hydrogens (primary N) is 1. The van der Waals surface area contributed by atoms with Gasteiger partial charge in [-0.25, -0.2) is 0 Å². The van der Waals surface area contributed by atoms with Gasteiger partial charge in [-0.1, -0.05) is 30.3 Å². The predicted octanol–water partition coefficient (Wildman–Crippen LogP) is 4.19. The Hall–Kier alpha value is -1.81. The van der Waals surface area contributed by atoms with Crippen molar-refractivity contribution in [3.63, 3.8) is 0 Å². The fourth-order valence-corrected chi connectivity index (χ4v) is 3.41. The Morgan fingerprint density at radius 3 is 2.81 bits per heavy atom. The van der Waals surface area contributed by atoms with Gasteiger partial charge in [0.15, 0.2) is 0 Å². The van der Waals surface area contributed by atoms with Crippen molar-refractivity contribution < 1.29 is 4.74 Å². The lowest BCUT2D eigenvalue weighted by Crippen LogP contribution is -2.18. The number of ether oxygens (including phenoxy) is 1. The molecule has 3 N–H and O–H groups in total. The molecule has 1 aliphatic rings. The molecule has 1 aliphatic carbocycles. The van der Waals surface area contributed by atoms with Gasteiger partial charge >= 0.3 is 0 Å². The monoisotopic (exact) mass is 344 g/mol. The molecule has 0 saturated carbocycles. The van der Waals surface area contributed by atoms with Crippen LogP contribution in [0.15, 0.2) is 46.9 Å². The van der Waals surface area contributed by atoms with E-state index >= 15 is 0 Å². The zero-order valence-corrected chi connectivity index (χ0v) is 13.2. The number of nitrogens with one attached hydrogen (secondary N) is 1. The summed E-state index contributed by atoms with van der Waals surface area (Å²) in [5.41, 5.74) is 8.92. The second-order valence-corrected chi connectivity index (χ2v) is 6.08. The Morgan fingerprint density at radius 2 is 2.00 bits per heavy atom. The maximum Gasteiger partial charge on any atom is 0.132 e. The van der Waals surface area contributed by atoms with Gasteiger partial charge in [0, 0.05) is 4.47 Å². The second-order valence-electron chi connectivity index (χ2n) is 5.22. The number of fused-ring (bicyclic) bond motifs is 1. The molecular formula is C17H17BrN2O. The van der Waals surface area contributed by atoms with Crippen LogP contribution in [0.2, 0.25) is 0 Å². The Labute approximate surface area is 132 Å². The van der Waals surface area contributed by atoms with E-state index in [0.29, 0.717) is 11.3 Å². The average molecular weight is 345 g/mol. The van der Waals surface area contributed by atoms with E-state index in [9.17, 15) is 0 Å². The van der Waals surface area contributed by atoms with Crippen LogP contribution in [0.3, 0.4) is 0 Å². The van der Waals surface area contributed by atoms with Crippen LogP contribution in [0.5, 0.6) is 5.75 Å². The van der Waals surface area contributed by atoms with Gasteiger partial charge in [0.05, 0.1) is 5.56 Å². The molecule has 0 bridgehead atoms. The first-order valence-corrected chi connectivity index (χ1v) is 7.83. The average Bonchev–Trinajstić information content (AvgIpc) is 2.47. The number of halogens is 1. The molecule has 108 valence electrons. The highest BCUT2D eigenvalue weighted by Gasteiger charge is 2.23. The zero-order chi connectivity index (χ0) is 14.8. The first-order chi connectivity index (χ1) is 10.2. The van der Waals surface area contributed by atoms with Crippen molar-refractivity contribution in [2.75, 3.05) is 0 Å². The van der Waals surface area contributed by atoms with Crippen LogP contribution in [-0.2, 0) is 6.42 Å². The van der Waals surface area contributed by atoms with E-state index in [1.54, 1.807) is 0 Å². The molecule has 2 aromatic carbocycles. The van der Waals surface area contributed by atoms with Gasteiger partial charge in [-0.2, -0.15) is 0 Å². The Bertz CT molecular complexity index is 684. The molecule has 0 heterocycles. The number of hydrogen-bond acceptors (Lipinski definition) is 2. The first kappa shape index (κ1) is 14.1. The molecule has 0 spiro atoms. The molecule has 0 saturated heterocycles. The van der Waals surface area contributed by atoms with Gasteiger partial charge in [-0.05, 0) is 58.5 Å². The van der Waals surface area contributed by atoms with Gasteiger partial charge in [-0.3, -0.25) is 5.41 Å². The lowest BCUT2D eigenvalue weighted by Gasteiger charge is -2.27. The molecule has 2 aromatic rings. The first-order valence-electron chi connectivity index (χ1n) is 7.04. The van der Waals surface area contributed by atoms with Crippen molar-refractivity contribution >= 4 is 21.8 Å². The topological polar surface area (TPSA) is 59.1 Å². The smallest absolute Gasteiger partial charge is 0.132 e. The number of benzene rings is 2. The summed E-state index contributed by atoms with van der Waals surface area (Å²) in [7, 11) is 0. The number of hydrogen-bond donors (Lipinski definition) is 2. The summed E-state index contributed by atoms with van der Waals surface area (Å²) in [5, 5.41) is 7.75. The maximum atomic E-state index is 7.75. The van der Waals surface area contributed by atoms with Crippen LogP contribution in [0, 0.1) is 5.41 Å². The molecule has 0 fully saturated rings. The molecule has 0 amide bonds. The van der Waals surface area contributed by atoms with Crippen LogP contribution < -0.4 is 10.5 Å². The number of amidine groups is 1. The fraction of sp³-hybridized carbons (Fsp3) is 0.235. The van der Waals surface area contributed by atoms with E-state index in [0.717, 1.165) is 23.7 Å². The summed E-state index contributed by atoms with van der Waals surface area (Å²) in [6.07, 6.45) is 3.24. The summed E-state index contributed by atoms with van der Waals surface area (Å²) in [5.74, 6) is 0.681. The van der Waals surface area contributed by atoms with Crippen LogP contribution in [0.4, 0.5) is 0 Å². The number of nitrogen functional groups attached to an aromatic ring is 1. The Balaban J connectivity index is 1.96. The third-order valence-corrected chi connectivity index (χ3v) is 4.49. The zero-order valence-electron chi connectivity index (χ0n) is 11.6. The minimum atomic E-state index is 0.0153. The third-order valence-electron chi connectivity index (χ3n) is 3.83. The Kier molecular flexibility index (Phi) is 3.97. The van der Waals surface area contributed by atoms with Crippen molar-refractivity contribution in [3.8, 4) is 5.75 Å². The molecule has 3 rings (SSSR count). The second kappa shape index (κ2) is 5.90. The number of aryl methyl sites for hydroxylation is 1. The van der Waals surface area contributed by atoms with E-state index in [4.69, 9.17) is 15.9 Å².